The van der Waals surface area contributed by atoms with Gasteiger partial charge in [-0.25, -0.2) is 8.42 Å². The number of nitrogens with zero attached hydrogens (tertiary/aromatic N) is 3. The van der Waals surface area contributed by atoms with Crippen molar-refractivity contribution in [1.82, 2.24) is 30.0 Å². The Labute approximate surface area is 235 Å². The molecule has 1 aromatic heterocycles. The lowest BCUT2D eigenvalue weighted by Gasteiger charge is -2.27. The summed E-state index contributed by atoms with van der Waals surface area (Å²) in [5, 5.41) is 9.37. The van der Waals surface area contributed by atoms with Crippen molar-refractivity contribution in [1.29, 1.82) is 0 Å². The summed E-state index contributed by atoms with van der Waals surface area (Å²) in [6, 6.07) is 0.709. The highest BCUT2D eigenvalue weighted by molar-refractivity contribution is 7.91. The van der Waals surface area contributed by atoms with Gasteiger partial charge in [-0.3, -0.25) is 28.6 Å². The molecule has 2 saturated carbocycles. The van der Waals surface area contributed by atoms with Crippen LogP contribution in [0.25, 0.3) is 0 Å². The molecule has 0 spiro atoms. The van der Waals surface area contributed by atoms with E-state index >= 15 is 0 Å². The number of aryl methyl sites for hydroxylation is 1. The largest absolute Gasteiger partial charge is 0.342 e. The number of allylic oxidation sites excluding steroid dienone is 1. The van der Waals surface area contributed by atoms with Crippen molar-refractivity contribution in [2.75, 3.05) is 13.1 Å². The fourth-order valence-electron chi connectivity index (χ4n) is 5.06. The highest BCUT2D eigenvalue weighted by Crippen LogP contribution is 2.47. The molecule has 0 aromatic carbocycles. The fourth-order valence-corrected chi connectivity index (χ4v) is 6.37. The maximum Gasteiger partial charge on any atom is 0.272 e. The van der Waals surface area contributed by atoms with E-state index in [4.69, 9.17) is 0 Å². The van der Waals surface area contributed by atoms with Crippen molar-refractivity contribution in [3.05, 3.63) is 30.1 Å². The van der Waals surface area contributed by atoms with Crippen LogP contribution in [0.3, 0.4) is 0 Å². The van der Waals surface area contributed by atoms with E-state index in [1.807, 2.05) is 12.2 Å². The molecule has 4 amide bonds. The molecule has 1 saturated heterocycles. The summed E-state index contributed by atoms with van der Waals surface area (Å²) in [5.41, 5.74) is -1.21. The summed E-state index contributed by atoms with van der Waals surface area (Å²) >= 11 is 0. The van der Waals surface area contributed by atoms with Gasteiger partial charge in [0.2, 0.25) is 21.8 Å². The van der Waals surface area contributed by atoms with Crippen LogP contribution in [0.1, 0.15) is 82.1 Å². The molecule has 0 radical (unpaired) electrons. The number of likely N-dealkylation sites (tertiary alicyclic amines) is 1. The Morgan fingerprint density at radius 3 is 2.60 bits per heavy atom. The average molecular weight is 577 g/mol. The van der Waals surface area contributed by atoms with E-state index in [2.05, 4.69) is 27.4 Å². The molecular weight excluding hydrogens is 536 g/mol. The first kappa shape index (κ1) is 29.8. The van der Waals surface area contributed by atoms with Gasteiger partial charge in [0.15, 0.2) is 0 Å². The van der Waals surface area contributed by atoms with Crippen LogP contribution >= 0.6 is 0 Å². The van der Waals surface area contributed by atoms with Gasteiger partial charge in [0.1, 0.15) is 17.3 Å². The third-order valence-corrected chi connectivity index (χ3v) is 10.3. The second-order valence-electron chi connectivity index (χ2n) is 11.4. The van der Waals surface area contributed by atoms with Gasteiger partial charge in [0.05, 0.1) is 11.3 Å². The van der Waals surface area contributed by atoms with Crippen LogP contribution in [-0.2, 0) is 31.5 Å². The molecule has 2 aliphatic carbocycles. The zero-order valence-corrected chi connectivity index (χ0v) is 24.3. The first-order valence-corrected chi connectivity index (χ1v) is 15.5. The highest BCUT2D eigenvalue weighted by Gasteiger charge is 2.62. The number of amides is 4. The summed E-state index contributed by atoms with van der Waals surface area (Å²) in [6.07, 6.45) is 11.7. The lowest BCUT2D eigenvalue weighted by atomic mass is 10.1. The Morgan fingerprint density at radius 1 is 1.20 bits per heavy atom. The van der Waals surface area contributed by atoms with Gasteiger partial charge in [0.25, 0.3) is 11.8 Å². The number of nitrogens with one attached hydrogen (secondary N) is 3. The van der Waals surface area contributed by atoms with Crippen LogP contribution in [0, 0.1) is 5.92 Å². The Hall–Kier alpha value is -3.22. The minimum Gasteiger partial charge on any atom is -0.342 e. The maximum absolute atomic E-state index is 13.5. The molecule has 1 aliphatic heterocycles. The number of sulfonamides is 1. The quantitative estimate of drug-likeness (QED) is 0.235. The van der Waals surface area contributed by atoms with Crippen LogP contribution < -0.4 is 15.4 Å². The number of carbonyl (C=O) groups excluding carboxylic acids is 4. The number of carbonyl (C=O) groups is 4. The van der Waals surface area contributed by atoms with Crippen molar-refractivity contribution < 1.29 is 27.6 Å². The van der Waals surface area contributed by atoms with E-state index in [1.54, 1.807) is 20.2 Å². The SMILES string of the molecule is CCCCC/C=C\C1CC1(NC(=O)C1CCCN1C(=O)CNC(=O)c1ccn(C)n1)C(=O)NS(=O)(=O)C1(C)CC1. The molecule has 12 nitrogen and oxygen atoms in total. The van der Waals surface area contributed by atoms with Crippen molar-refractivity contribution in [2.24, 2.45) is 13.0 Å². The van der Waals surface area contributed by atoms with E-state index in [9.17, 15) is 27.6 Å². The van der Waals surface area contributed by atoms with Crippen molar-refractivity contribution >= 4 is 33.7 Å². The number of hydrogen-bond acceptors (Lipinski definition) is 7. The normalized spacial score (nSPS) is 25.0. The summed E-state index contributed by atoms with van der Waals surface area (Å²) in [5.74, 6) is -2.51. The summed E-state index contributed by atoms with van der Waals surface area (Å²) in [6.45, 7) is 3.75. The Balaban J connectivity index is 1.41. The second kappa shape index (κ2) is 11.7. The highest BCUT2D eigenvalue weighted by atomic mass is 32.2. The first-order valence-electron chi connectivity index (χ1n) is 14.1. The predicted molar refractivity (Wildman–Crippen MR) is 147 cm³/mol. The first-order chi connectivity index (χ1) is 18.9. The molecule has 0 bridgehead atoms. The van der Waals surface area contributed by atoms with Gasteiger partial charge in [-0.15, -0.1) is 0 Å². The number of aromatic nitrogens is 2. The molecule has 1 aromatic rings. The lowest BCUT2D eigenvalue weighted by Crippen LogP contribution is -2.57. The minimum atomic E-state index is -3.89. The van der Waals surface area contributed by atoms with E-state index in [0.29, 0.717) is 32.2 Å². The molecule has 40 heavy (non-hydrogen) atoms. The average Bonchev–Trinajstić information content (AvgIpc) is 3.67. The second-order valence-corrected chi connectivity index (χ2v) is 13.6. The lowest BCUT2D eigenvalue weighted by molar-refractivity contribution is -0.139. The van der Waals surface area contributed by atoms with Crippen molar-refractivity contribution in [2.45, 2.75) is 88.0 Å². The molecule has 3 fully saturated rings. The van der Waals surface area contributed by atoms with E-state index < -0.39 is 50.0 Å². The van der Waals surface area contributed by atoms with Gasteiger partial charge in [-0.1, -0.05) is 31.9 Å². The molecule has 2 heterocycles. The summed E-state index contributed by atoms with van der Waals surface area (Å²) < 4.78 is 28.3. The van der Waals surface area contributed by atoms with Gasteiger partial charge < -0.3 is 15.5 Å². The zero-order valence-electron chi connectivity index (χ0n) is 23.4. The van der Waals surface area contributed by atoms with Gasteiger partial charge >= 0.3 is 0 Å². The third kappa shape index (κ3) is 6.39. The number of rotatable bonds is 13. The number of unbranched alkanes of at least 4 members (excludes halogenated alkanes) is 3. The van der Waals surface area contributed by atoms with E-state index in [0.717, 1.165) is 25.7 Å². The molecule has 3 unspecified atom stereocenters. The topological polar surface area (TPSA) is 160 Å². The monoisotopic (exact) mass is 576 g/mol. The van der Waals surface area contributed by atoms with Gasteiger partial charge in [0, 0.05) is 25.7 Å². The molecular formula is C27H40N6O6S. The smallest absolute Gasteiger partial charge is 0.272 e. The van der Waals surface area contributed by atoms with Crippen LogP contribution in [0.5, 0.6) is 0 Å². The van der Waals surface area contributed by atoms with Crippen LogP contribution in [0.4, 0.5) is 0 Å². The zero-order chi connectivity index (χ0) is 29.1. The number of hydrogen-bond donors (Lipinski definition) is 3. The predicted octanol–water partition coefficient (Wildman–Crippen LogP) is 1.15. The molecule has 13 heteroatoms. The van der Waals surface area contributed by atoms with Crippen LogP contribution in [-0.4, -0.2) is 76.1 Å². The summed E-state index contributed by atoms with van der Waals surface area (Å²) in [4.78, 5) is 53.5. The van der Waals surface area contributed by atoms with Gasteiger partial charge in [-0.05, 0) is 57.9 Å². The molecule has 220 valence electrons. The minimum absolute atomic E-state index is 0.177. The summed E-state index contributed by atoms with van der Waals surface area (Å²) in [7, 11) is -2.21. The molecule has 3 N–H and O–H groups in total. The Morgan fingerprint density at radius 2 is 1.95 bits per heavy atom. The van der Waals surface area contributed by atoms with Crippen LogP contribution in [0.15, 0.2) is 24.4 Å². The third-order valence-electron chi connectivity index (χ3n) is 8.16. The maximum atomic E-state index is 13.5. The van der Waals surface area contributed by atoms with Crippen molar-refractivity contribution in [3.8, 4) is 0 Å². The standard InChI is InChI=1S/C27H40N6O6S/c1-4-5-6-7-8-10-19-17-27(19,25(37)31-40(38,39)26(2)13-14-26)29-24(36)21-11-9-15-33(21)22(34)18-28-23(35)20-12-16-32(3)30-20/h8,10,12,16,19,21H,4-7,9,11,13-15,17-18H2,1-3H3,(H,28,35)(H,29,36)(H,31,37)/b10-8-. The Bertz CT molecular complexity index is 1290. The fraction of sp³-hybridized carbons (Fsp3) is 0.667. The van der Waals surface area contributed by atoms with Gasteiger partial charge in [-0.2, -0.15) is 5.10 Å². The molecule has 3 aliphatic rings. The Kier molecular flexibility index (Phi) is 8.72. The molecule has 4 rings (SSSR count). The van der Waals surface area contributed by atoms with Crippen molar-refractivity contribution in [3.63, 3.8) is 0 Å². The van der Waals surface area contributed by atoms with E-state index in [1.165, 1.54) is 15.6 Å². The molecule has 3 atom stereocenters. The van der Waals surface area contributed by atoms with Crippen LogP contribution in [0.2, 0.25) is 0 Å². The van der Waals surface area contributed by atoms with E-state index in [-0.39, 0.29) is 24.6 Å².